The van der Waals surface area contributed by atoms with Crippen LogP contribution < -0.4 is 28.3 Å². The maximum atomic E-state index is 11.9. The van der Waals surface area contributed by atoms with Gasteiger partial charge in [0.05, 0.1) is 15.4 Å². The molecule has 1 aliphatic heterocycles. The van der Waals surface area contributed by atoms with Crippen LogP contribution in [0.15, 0.2) is 0 Å². The molecule has 0 aromatic carbocycles. The molecule has 234 valence electrons. The fourth-order valence-corrected chi connectivity index (χ4v) is 6.28. The van der Waals surface area contributed by atoms with Crippen LogP contribution in [0.3, 0.4) is 0 Å². The van der Waals surface area contributed by atoms with Gasteiger partial charge in [-0.15, -0.1) is 0 Å². The van der Waals surface area contributed by atoms with E-state index in [1.54, 1.807) is 41.5 Å². The Balaban J connectivity index is -0.000000565. The molecule has 0 atom stereocenters. The van der Waals surface area contributed by atoms with Gasteiger partial charge in [0.1, 0.15) is 0 Å². The second-order valence-electron chi connectivity index (χ2n) is 12.6. The number of hydrogen-bond acceptors (Lipinski definition) is 7. The van der Waals surface area contributed by atoms with Gasteiger partial charge < -0.3 is 16.4 Å². The normalized spacial score (nSPS) is 25.6. The molecule has 1 heterocycles. The zero-order valence-corrected chi connectivity index (χ0v) is 26.8. The van der Waals surface area contributed by atoms with Crippen molar-refractivity contribution in [3.05, 3.63) is 0 Å². The molecule has 0 aromatic rings. The van der Waals surface area contributed by atoms with Gasteiger partial charge in [-0.2, -0.15) is 0 Å². The van der Waals surface area contributed by atoms with Crippen LogP contribution in [0.2, 0.25) is 0 Å². The molecule has 0 amide bonds. The van der Waals surface area contributed by atoms with Gasteiger partial charge in [0.2, 0.25) is 20.0 Å². The first-order valence-electron chi connectivity index (χ1n) is 13.8. The Kier molecular flexibility index (Phi) is 20.0. The first kappa shape index (κ1) is 42.5. The SMILES string of the molecule is C1CCOC1.CC(C)(C)S(=O)(=O)NC1CCC(C(=O)O)CC1.CC(C)(C)S(=O)(=O)NC1CCC(CO)CC1.[AlH3].[H-].[Li+]. The van der Waals surface area contributed by atoms with Crippen molar-refractivity contribution in [1.29, 1.82) is 0 Å². The summed E-state index contributed by atoms with van der Waals surface area (Å²) in [6.07, 6.45) is 8.35. The minimum atomic E-state index is -3.33. The van der Waals surface area contributed by atoms with Gasteiger partial charge >= 0.3 is 24.8 Å². The number of ether oxygens (including phenoxy) is 1. The van der Waals surface area contributed by atoms with Crippen molar-refractivity contribution in [2.45, 2.75) is 127 Å². The molecule has 4 N–H and O–H groups in total. The number of rotatable bonds is 6. The number of aliphatic hydroxyl groups is 1. The van der Waals surface area contributed by atoms with Crippen molar-refractivity contribution in [2.75, 3.05) is 19.8 Å². The molecule has 0 aromatic heterocycles. The standard InChI is InChI=1S/C11H21NO4S.C11H23NO3S.C4H8O.Al.Li.4H/c1-11(2,3)17(15,16)12-9-6-4-8(5-7-9)10(13)14;1-11(2,3)16(14,15)12-10-6-4-9(8-13)5-7-10;1-2-4-5-3-1;;;;;;/h8-9,12H,4-7H2,1-3H3,(H,13,14);9-10,12-13H,4-8H2,1-3H3;1-4H2;;;;;;/q;;;;+1;;;;-1. The predicted octanol–water partition coefficient (Wildman–Crippen LogP) is -0.667. The van der Waals surface area contributed by atoms with Crippen LogP contribution in [0, 0.1) is 11.8 Å². The van der Waals surface area contributed by atoms with Crippen molar-refractivity contribution in [3.8, 4) is 0 Å². The first-order chi connectivity index (χ1) is 17.4. The third-order valence-corrected chi connectivity index (χ3v) is 11.8. The van der Waals surface area contributed by atoms with Crippen molar-refractivity contribution < 1.29 is 56.9 Å². The average molecular weight is 623 g/mol. The summed E-state index contributed by atoms with van der Waals surface area (Å²) in [5.74, 6) is -0.733. The van der Waals surface area contributed by atoms with Gasteiger partial charge in [0, 0.05) is 31.9 Å². The molecule has 0 spiro atoms. The van der Waals surface area contributed by atoms with E-state index in [-0.39, 0.29) is 62.3 Å². The number of aliphatic hydroxyl groups excluding tert-OH is 1. The number of sulfonamides is 2. The van der Waals surface area contributed by atoms with E-state index in [4.69, 9.17) is 14.9 Å². The number of carboxylic acid groups (broad SMARTS) is 1. The fourth-order valence-electron chi connectivity index (χ4n) is 4.22. The summed E-state index contributed by atoms with van der Waals surface area (Å²) in [5, 5.41) is 17.8. The molecule has 3 aliphatic rings. The average Bonchev–Trinajstić information content (AvgIpc) is 3.39. The number of hydrogen-bond donors (Lipinski definition) is 4. The van der Waals surface area contributed by atoms with Gasteiger partial charge in [-0.25, -0.2) is 26.3 Å². The van der Waals surface area contributed by atoms with Gasteiger partial charge in [-0.1, -0.05) is 0 Å². The zero-order chi connectivity index (χ0) is 29.2. The summed E-state index contributed by atoms with van der Waals surface area (Å²) < 4.78 is 56.5. The summed E-state index contributed by atoms with van der Waals surface area (Å²) in [6, 6.07) is -0.0677. The van der Waals surface area contributed by atoms with E-state index in [1.165, 1.54) is 12.8 Å². The van der Waals surface area contributed by atoms with Gasteiger partial charge in [-0.3, -0.25) is 4.79 Å². The third-order valence-electron chi connectivity index (χ3n) is 7.26. The van der Waals surface area contributed by atoms with Crippen LogP contribution in [-0.4, -0.2) is 91.8 Å². The van der Waals surface area contributed by atoms with E-state index in [0.717, 1.165) is 38.9 Å². The molecule has 40 heavy (non-hydrogen) atoms. The summed E-state index contributed by atoms with van der Waals surface area (Å²) in [4.78, 5) is 10.8. The molecule has 0 bridgehead atoms. The number of nitrogens with one attached hydrogen (secondary N) is 2. The van der Waals surface area contributed by atoms with Crippen molar-refractivity contribution in [3.63, 3.8) is 0 Å². The summed E-state index contributed by atoms with van der Waals surface area (Å²) in [5.41, 5.74) is 0. The fraction of sp³-hybridized carbons (Fsp3) is 0.962. The Morgan fingerprint density at radius 3 is 1.38 bits per heavy atom. The Labute approximate surface area is 267 Å². The Bertz CT molecular complexity index is 917. The zero-order valence-electron chi connectivity index (χ0n) is 26.2. The molecule has 3 rings (SSSR count). The Hall–Kier alpha value is 0.340. The second-order valence-corrected chi connectivity index (χ2v) is 17.5. The summed E-state index contributed by atoms with van der Waals surface area (Å²) in [6.45, 7) is 12.3. The molecule has 0 radical (unpaired) electrons. The van der Waals surface area contributed by atoms with Gasteiger partial charge in [-0.05, 0) is 112 Å². The minimum absolute atomic E-state index is 0. The first-order valence-corrected chi connectivity index (χ1v) is 16.8. The largest absolute Gasteiger partial charge is 1.00 e. The number of carbonyl (C=O) groups is 1. The van der Waals surface area contributed by atoms with Crippen LogP contribution in [0.4, 0.5) is 0 Å². The molecule has 14 heteroatoms. The minimum Gasteiger partial charge on any atom is -1.00 e. The van der Waals surface area contributed by atoms with E-state index >= 15 is 0 Å². The number of carboxylic acids is 1. The third kappa shape index (κ3) is 15.2. The van der Waals surface area contributed by atoms with Crippen molar-refractivity contribution in [1.82, 2.24) is 9.44 Å². The molecule has 3 fully saturated rings. The quantitative estimate of drug-likeness (QED) is 0.284. The predicted molar refractivity (Wildman–Crippen MR) is 161 cm³/mol. The van der Waals surface area contributed by atoms with E-state index in [9.17, 15) is 21.6 Å². The van der Waals surface area contributed by atoms with E-state index in [1.807, 2.05) is 0 Å². The molecule has 10 nitrogen and oxygen atoms in total. The summed E-state index contributed by atoms with van der Waals surface area (Å²) in [7, 11) is -6.57. The van der Waals surface area contributed by atoms with E-state index in [0.29, 0.717) is 31.6 Å². The molecule has 0 unspecified atom stereocenters. The molecule has 2 aliphatic carbocycles. The second kappa shape index (κ2) is 18.9. The monoisotopic (exact) mass is 622 g/mol. The van der Waals surface area contributed by atoms with Crippen LogP contribution in [0.5, 0.6) is 0 Å². The molecule has 1 saturated heterocycles. The van der Waals surface area contributed by atoms with E-state index < -0.39 is 35.5 Å². The van der Waals surface area contributed by atoms with Crippen LogP contribution >= 0.6 is 0 Å². The molecule has 2 saturated carbocycles. The van der Waals surface area contributed by atoms with Gasteiger partial charge in [0.25, 0.3) is 0 Å². The molecular formula is C26H56AlLiN2O8S2. The van der Waals surface area contributed by atoms with E-state index in [2.05, 4.69) is 9.44 Å². The Morgan fingerprint density at radius 2 is 1.12 bits per heavy atom. The maximum absolute atomic E-state index is 11.9. The van der Waals surface area contributed by atoms with Crippen LogP contribution in [0.25, 0.3) is 0 Å². The van der Waals surface area contributed by atoms with Gasteiger partial charge in [0.15, 0.2) is 17.4 Å². The summed E-state index contributed by atoms with van der Waals surface area (Å²) >= 11 is 0. The maximum Gasteiger partial charge on any atom is 1.00 e. The van der Waals surface area contributed by atoms with Crippen LogP contribution in [-0.2, 0) is 29.6 Å². The molecular weight excluding hydrogens is 566 g/mol. The van der Waals surface area contributed by atoms with Crippen molar-refractivity contribution in [2.24, 2.45) is 11.8 Å². The Morgan fingerprint density at radius 1 is 0.775 bits per heavy atom. The topological polar surface area (TPSA) is 159 Å². The smallest absolute Gasteiger partial charge is 1.00 e. The van der Waals surface area contributed by atoms with Crippen LogP contribution in [0.1, 0.15) is 107 Å². The van der Waals surface area contributed by atoms with Crippen molar-refractivity contribution >= 4 is 43.4 Å². The number of aliphatic carboxylic acids is 1.